The number of oxazole rings is 1. The number of ether oxygens (including phenoxy) is 1. The molecule has 0 aliphatic rings. The van der Waals surface area contributed by atoms with E-state index in [9.17, 15) is 4.79 Å². The van der Waals surface area contributed by atoms with Gasteiger partial charge in [-0.25, -0.2) is 4.98 Å². The van der Waals surface area contributed by atoms with Crippen LogP contribution in [-0.2, 0) is 4.79 Å². The van der Waals surface area contributed by atoms with Crippen LogP contribution in [0, 0.1) is 0 Å². The van der Waals surface area contributed by atoms with Crippen molar-refractivity contribution in [1.29, 1.82) is 0 Å². The van der Waals surface area contributed by atoms with Crippen molar-refractivity contribution in [3.05, 3.63) is 77.8 Å². The maximum atomic E-state index is 12.5. The van der Waals surface area contributed by atoms with Crippen LogP contribution < -0.4 is 10.1 Å². The second-order valence-corrected chi connectivity index (χ2v) is 6.65. The third-order valence-corrected chi connectivity index (χ3v) is 4.50. The first-order valence-electron chi connectivity index (χ1n) is 8.78. The highest BCUT2D eigenvalue weighted by Gasteiger charge is 2.17. The molecule has 5 nitrogen and oxygen atoms in total. The van der Waals surface area contributed by atoms with Crippen LogP contribution in [0.15, 0.2) is 77.2 Å². The zero-order chi connectivity index (χ0) is 19.5. The van der Waals surface area contributed by atoms with Crippen LogP contribution in [0.5, 0.6) is 5.75 Å². The minimum atomic E-state index is -0.715. The molecule has 0 radical (unpaired) electrons. The highest BCUT2D eigenvalue weighted by Crippen LogP contribution is 2.27. The topological polar surface area (TPSA) is 64.4 Å². The van der Waals surface area contributed by atoms with Crippen molar-refractivity contribution in [1.82, 2.24) is 4.98 Å². The molecule has 0 saturated carbocycles. The normalized spacial score (nSPS) is 11.9. The molecule has 0 saturated heterocycles. The van der Waals surface area contributed by atoms with E-state index >= 15 is 0 Å². The molecule has 28 heavy (non-hydrogen) atoms. The Morgan fingerprint density at radius 3 is 2.61 bits per heavy atom. The van der Waals surface area contributed by atoms with Crippen LogP contribution in [0.3, 0.4) is 0 Å². The number of carbonyl (C=O) groups is 1. The van der Waals surface area contributed by atoms with Gasteiger partial charge in [0.25, 0.3) is 5.91 Å². The summed E-state index contributed by atoms with van der Waals surface area (Å²) >= 11 is 6.08. The number of benzene rings is 3. The number of amides is 1. The zero-order valence-electron chi connectivity index (χ0n) is 15.1. The van der Waals surface area contributed by atoms with Gasteiger partial charge in [0.05, 0.1) is 5.02 Å². The number of para-hydroxylation sites is 1. The van der Waals surface area contributed by atoms with E-state index in [0.29, 0.717) is 33.4 Å². The first-order valence-corrected chi connectivity index (χ1v) is 9.16. The van der Waals surface area contributed by atoms with E-state index < -0.39 is 6.10 Å². The monoisotopic (exact) mass is 392 g/mol. The summed E-state index contributed by atoms with van der Waals surface area (Å²) in [6.45, 7) is 1.67. The molecule has 1 amide bonds. The van der Waals surface area contributed by atoms with Crippen LogP contribution in [0.1, 0.15) is 6.92 Å². The van der Waals surface area contributed by atoms with Crippen molar-refractivity contribution < 1.29 is 13.9 Å². The van der Waals surface area contributed by atoms with Gasteiger partial charge >= 0.3 is 0 Å². The van der Waals surface area contributed by atoms with Crippen molar-refractivity contribution in [3.63, 3.8) is 0 Å². The molecule has 0 spiro atoms. The highest BCUT2D eigenvalue weighted by atomic mass is 35.5. The quantitative estimate of drug-likeness (QED) is 0.483. The summed E-state index contributed by atoms with van der Waals surface area (Å²) in [4.78, 5) is 17.0. The lowest BCUT2D eigenvalue weighted by molar-refractivity contribution is -0.122. The van der Waals surface area contributed by atoms with Gasteiger partial charge in [-0.3, -0.25) is 4.79 Å². The highest BCUT2D eigenvalue weighted by molar-refractivity contribution is 6.32. The Bertz CT molecular complexity index is 1130. The van der Waals surface area contributed by atoms with Gasteiger partial charge in [-0.2, -0.15) is 0 Å². The summed E-state index contributed by atoms with van der Waals surface area (Å²) in [5.41, 5.74) is 2.82. The number of nitrogens with one attached hydrogen (secondary N) is 1. The molecule has 1 aromatic heterocycles. The molecule has 0 unspecified atom stereocenters. The standard InChI is InChI=1S/C22H17ClN2O3/c1-14(27-19-10-6-5-9-17(19)23)21(26)24-16-11-12-20-18(13-16)25-22(28-20)15-7-3-2-4-8-15/h2-14H,1H3,(H,24,26)/t14-/m0/s1. The van der Waals surface area contributed by atoms with Crippen LogP contribution >= 0.6 is 11.6 Å². The Morgan fingerprint density at radius 1 is 1.07 bits per heavy atom. The van der Waals surface area contributed by atoms with Crippen LogP contribution in [0.4, 0.5) is 5.69 Å². The molecule has 4 rings (SSSR count). The van der Waals surface area contributed by atoms with Gasteiger partial charge in [-0.15, -0.1) is 0 Å². The van der Waals surface area contributed by atoms with Crippen LogP contribution in [0.2, 0.25) is 5.02 Å². The molecule has 140 valence electrons. The summed E-state index contributed by atoms with van der Waals surface area (Å²) in [5.74, 6) is 0.715. The lowest BCUT2D eigenvalue weighted by Crippen LogP contribution is -2.30. The zero-order valence-corrected chi connectivity index (χ0v) is 15.8. The largest absolute Gasteiger partial charge is 0.479 e. The Labute approximate surface area is 166 Å². The SMILES string of the molecule is C[C@H](Oc1ccccc1Cl)C(=O)Nc1ccc2oc(-c3ccccc3)nc2c1. The average Bonchev–Trinajstić information content (AvgIpc) is 3.14. The molecule has 0 bridgehead atoms. The fourth-order valence-corrected chi connectivity index (χ4v) is 2.92. The van der Waals surface area contributed by atoms with Crippen molar-refractivity contribution >= 4 is 34.3 Å². The lowest BCUT2D eigenvalue weighted by Gasteiger charge is -2.15. The molecular formula is C22H17ClN2O3. The first-order chi connectivity index (χ1) is 13.6. The van der Waals surface area contributed by atoms with Gasteiger partial charge in [-0.05, 0) is 49.4 Å². The van der Waals surface area contributed by atoms with E-state index in [4.69, 9.17) is 20.8 Å². The van der Waals surface area contributed by atoms with Crippen LogP contribution in [0.25, 0.3) is 22.6 Å². The number of hydrogen-bond acceptors (Lipinski definition) is 4. The fraction of sp³-hybridized carbons (Fsp3) is 0.0909. The predicted octanol–water partition coefficient (Wildman–Crippen LogP) is 5.55. The minimum absolute atomic E-state index is 0.286. The Hall–Kier alpha value is -3.31. The summed E-state index contributed by atoms with van der Waals surface area (Å²) in [5, 5.41) is 3.29. The van der Waals surface area contributed by atoms with E-state index in [-0.39, 0.29) is 5.91 Å². The summed E-state index contributed by atoms with van der Waals surface area (Å²) in [6.07, 6.45) is -0.715. The Kier molecular flexibility index (Phi) is 5.00. The molecule has 1 N–H and O–H groups in total. The van der Waals surface area contributed by atoms with Crippen molar-refractivity contribution in [3.8, 4) is 17.2 Å². The van der Waals surface area contributed by atoms with E-state index in [1.165, 1.54) is 0 Å². The number of halogens is 1. The van der Waals surface area contributed by atoms with Crippen molar-refractivity contribution in [2.45, 2.75) is 13.0 Å². The molecule has 0 aliphatic carbocycles. The Balaban J connectivity index is 1.49. The number of fused-ring (bicyclic) bond motifs is 1. The molecular weight excluding hydrogens is 376 g/mol. The van der Waals surface area contributed by atoms with Crippen molar-refractivity contribution in [2.75, 3.05) is 5.32 Å². The number of hydrogen-bond donors (Lipinski definition) is 1. The third-order valence-electron chi connectivity index (χ3n) is 4.19. The lowest BCUT2D eigenvalue weighted by atomic mass is 10.2. The van der Waals surface area contributed by atoms with E-state index in [0.717, 1.165) is 5.56 Å². The summed E-state index contributed by atoms with van der Waals surface area (Å²) in [6, 6.07) is 22.0. The average molecular weight is 393 g/mol. The molecule has 4 aromatic rings. The van der Waals surface area contributed by atoms with E-state index in [2.05, 4.69) is 10.3 Å². The fourth-order valence-electron chi connectivity index (χ4n) is 2.74. The molecule has 0 aliphatic heterocycles. The third kappa shape index (κ3) is 3.85. The van der Waals surface area contributed by atoms with Crippen molar-refractivity contribution in [2.24, 2.45) is 0 Å². The molecule has 6 heteroatoms. The van der Waals surface area contributed by atoms with Gasteiger partial charge in [0.2, 0.25) is 5.89 Å². The van der Waals surface area contributed by atoms with Gasteiger partial charge in [0.1, 0.15) is 11.3 Å². The molecule has 0 fully saturated rings. The van der Waals surface area contributed by atoms with Gasteiger partial charge in [-0.1, -0.05) is 41.9 Å². The first kappa shape index (κ1) is 18.1. The summed E-state index contributed by atoms with van der Waals surface area (Å²) < 4.78 is 11.4. The van der Waals surface area contributed by atoms with Crippen LogP contribution in [-0.4, -0.2) is 17.0 Å². The van der Waals surface area contributed by atoms with Gasteiger partial charge in [0.15, 0.2) is 11.7 Å². The number of anilines is 1. The number of aromatic nitrogens is 1. The number of carbonyl (C=O) groups excluding carboxylic acids is 1. The maximum Gasteiger partial charge on any atom is 0.265 e. The minimum Gasteiger partial charge on any atom is -0.479 e. The number of nitrogens with zero attached hydrogens (tertiary/aromatic N) is 1. The van der Waals surface area contributed by atoms with E-state index in [1.807, 2.05) is 30.3 Å². The Morgan fingerprint density at radius 2 is 1.82 bits per heavy atom. The molecule has 3 aromatic carbocycles. The second-order valence-electron chi connectivity index (χ2n) is 6.25. The summed E-state index contributed by atoms with van der Waals surface area (Å²) in [7, 11) is 0. The molecule has 1 heterocycles. The number of rotatable bonds is 5. The predicted molar refractivity (Wildman–Crippen MR) is 110 cm³/mol. The maximum absolute atomic E-state index is 12.5. The smallest absolute Gasteiger partial charge is 0.265 e. The second kappa shape index (κ2) is 7.74. The van der Waals surface area contributed by atoms with Gasteiger partial charge < -0.3 is 14.5 Å². The van der Waals surface area contributed by atoms with E-state index in [1.54, 1.807) is 49.4 Å². The van der Waals surface area contributed by atoms with Gasteiger partial charge in [0, 0.05) is 11.3 Å². The molecule has 1 atom stereocenters.